The molecule has 1 saturated heterocycles. The van der Waals surface area contributed by atoms with Crippen molar-refractivity contribution in [3.8, 4) is 5.75 Å². The van der Waals surface area contributed by atoms with Crippen LogP contribution in [0.25, 0.3) is 0 Å². The summed E-state index contributed by atoms with van der Waals surface area (Å²) in [6.45, 7) is 2.17. The molecule has 2 aliphatic rings. The Bertz CT molecular complexity index is 364. The van der Waals surface area contributed by atoms with Gasteiger partial charge < -0.3 is 15.3 Å². The fourth-order valence-electron chi connectivity index (χ4n) is 2.51. The Balaban J connectivity index is 2.05. The van der Waals surface area contributed by atoms with Crippen LogP contribution in [0.15, 0.2) is 18.2 Å². The lowest BCUT2D eigenvalue weighted by Crippen LogP contribution is -2.39. The first-order valence-corrected chi connectivity index (χ1v) is 5.18. The molecule has 1 aromatic rings. The highest BCUT2D eigenvalue weighted by Crippen LogP contribution is 2.37. The second kappa shape index (κ2) is 2.80. The van der Waals surface area contributed by atoms with Crippen LogP contribution < -0.4 is 10.2 Å². The molecule has 0 aliphatic carbocycles. The normalized spacial score (nSPS) is 24.0. The number of nitrogens with one attached hydrogen (secondary N) is 1. The Hall–Kier alpha value is -1.38. The summed E-state index contributed by atoms with van der Waals surface area (Å²) < 4.78 is 0. The highest BCUT2D eigenvalue weighted by atomic mass is 16.3. The van der Waals surface area contributed by atoms with E-state index in [4.69, 9.17) is 0 Å². The molecule has 1 aromatic carbocycles. The van der Waals surface area contributed by atoms with Crippen LogP contribution in [0.5, 0.6) is 5.75 Å². The number of anilines is 2. The molecule has 14 heavy (non-hydrogen) atoms. The molecule has 74 valence electrons. The van der Waals surface area contributed by atoms with Gasteiger partial charge in [0.2, 0.25) is 0 Å². The number of benzene rings is 1. The predicted octanol–water partition coefficient (Wildman–Crippen LogP) is 1.79. The van der Waals surface area contributed by atoms with Crippen LogP contribution in [0.4, 0.5) is 11.4 Å². The fourth-order valence-corrected chi connectivity index (χ4v) is 2.51. The van der Waals surface area contributed by atoms with E-state index < -0.39 is 0 Å². The highest BCUT2D eigenvalue weighted by Gasteiger charge is 2.29. The summed E-state index contributed by atoms with van der Waals surface area (Å²) in [5.74, 6) is 0.342. The Kier molecular flexibility index (Phi) is 1.60. The van der Waals surface area contributed by atoms with E-state index in [0.29, 0.717) is 11.8 Å². The lowest BCUT2D eigenvalue weighted by atomic mass is 10.1. The van der Waals surface area contributed by atoms with Crippen LogP contribution in [0.2, 0.25) is 0 Å². The van der Waals surface area contributed by atoms with Gasteiger partial charge in [0.1, 0.15) is 5.75 Å². The Labute approximate surface area is 83.3 Å². The number of fused-ring (bicyclic) bond motifs is 3. The molecule has 0 saturated carbocycles. The Morgan fingerprint density at radius 3 is 3.29 bits per heavy atom. The molecule has 1 atom stereocenters. The Morgan fingerprint density at radius 2 is 2.36 bits per heavy atom. The van der Waals surface area contributed by atoms with Gasteiger partial charge in [-0.3, -0.25) is 0 Å². The molecule has 0 amide bonds. The molecule has 0 aromatic heterocycles. The first kappa shape index (κ1) is 7.97. The molecule has 0 unspecified atom stereocenters. The van der Waals surface area contributed by atoms with Gasteiger partial charge >= 0.3 is 0 Å². The van der Waals surface area contributed by atoms with Gasteiger partial charge in [-0.05, 0) is 25.0 Å². The van der Waals surface area contributed by atoms with Crippen molar-refractivity contribution in [1.82, 2.24) is 0 Å². The quantitative estimate of drug-likeness (QED) is 0.654. The minimum atomic E-state index is 0.342. The van der Waals surface area contributed by atoms with Gasteiger partial charge in [0, 0.05) is 25.2 Å². The van der Waals surface area contributed by atoms with Crippen LogP contribution >= 0.6 is 0 Å². The summed E-state index contributed by atoms with van der Waals surface area (Å²) in [7, 11) is 0. The maximum atomic E-state index is 9.37. The van der Waals surface area contributed by atoms with E-state index in [9.17, 15) is 5.11 Å². The molecule has 1 fully saturated rings. The number of phenolic OH excluding ortho intramolecular Hbond substituents is 1. The molecule has 2 aliphatic heterocycles. The number of phenols is 1. The molecular formula is C11H14N2O. The lowest BCUT2D eigenvalue weighted by Gasteiger charge is -2.34. The second-order valence-electron chi connectivity index (χ2n) is 4.07. The van der Waals surface area contributed by atoms with Crippen LogP contribution in [-0.4, -0.2) is 24.2 Å². The largest absolute Gasteiger partial charge is 0.508 e. The smallest absolute Gasteiger partial charge is 0.117 e. The number of aromatic hydroxyl groups is 1. The topological polar surface area (TPSA) is 35.5 Å². The molecule has 3 nitrogen and oxygen atoms in total. The summed E-state index contributed by atoms with van der Waals surface area (Å²) in [6, 6.07) is 6.24. The number of nitrogens with zero attached hydrogens (tertiary/aromatic N) is 1. The van der Waals surface area contributed by atoms with Crippen molar-refractivity contribution in [3.05, 3.63) is 18.2 Å². The standard InChI is InChI=1S/C11H14N2O/c14-9-3-4-11-10(6-9)12-7-8-2-1-5-13(8)11/h3-4,6,8,12,14H,1-2,5,7H2/t8-/m0/s1. The van der Waals surface area contributed by atoms with Gasteiger partial charge in [0.05, 0.1) is 11.4 Å². The summed E-state index contributed by atoms with van der Waals surface area (Å²) in [4.78, 5) is 2.45. The van der Waals surface area contributed by atoms with Crippen molar-refractivity contribution in [3.63, 3.8) is 0 Å². The molecule has 0 spiro atoms. The minimum Gasteiger partial charge on any atom is -0.508 e. The van der Waals surface area contributed by atoms with Crippen molar-refractivity contribution >= 4 is 11.4 Å². The second-order valence-corrected chi connectivity index (χ2v) is 4.07. The van der Waals surface area contributed by atoms with Gasteiger partial charge in [0.25, 0.3) is 0 Å². The minimum absolute atomic E-state index is 0.342. The van der Waals surface area contributed by atoms with Crippen molar-refractivity contribution in [2.24, 2.45) is 0 Å². The van der Waals surface area contributed by atoms with Crippen LogP contribution in [0.3, 0.4) is 0 Å². The van der Waals surface area contributed by atoms with Crippen LogP contribution in [0, 0.1) is 0 Å². The van der Waals surface area contributed by atoms with E-state index in [2.05, 4.69) is 10.2 Å². The summed E-state index contributed by atoms with van der Waals surface area (Å²) >= 11 is 0. The first-order chi connectivity index (χ1) is 6.84. The van der Waals surface area contributed by atoms with Gasteiger partial charge in [-0.15, -0.1) is 0 Å². The van der Waals surface area contributed by atoms with Gasteiger partial charge in [-0.2, -0.15) is 0 Å². The summed E-state index contributed by atoms with van der Waals surface area (Å²) in [5, 5.41) is 12.7. The SMILES string of the molecule is Oc1ccc2c(c1)NC[C@@H]1CCCN21. The zero-order valence-electron chi connectivity index (χ0n) is 8.03. The Morgan fingerprint density at radius 1 is 1.43 bits per heavy atom. The third kappa shape index (κ3) is 1.05. The molecule has 0 radical (unpaired) electrons. The zero-order chi connectivity index (χ0) is 9.54. The van der Waals surface area contributed by atoms with Crippen molar-refractivity contribution in [1.29, 1.82) is 0 Å². The maximum Gasteiger partial charge on any atom is 0.117 e. The van der Waals surface area contributed by atoms with Gasteiger partial charge in [-0.1, -0.05) is 0 Å². The van der Waals surface area contributed by atoms with Crippen molar-refractivity contribution in [2.75, 3.05) is 23.3 Å². The molecule has 2 heterocycles. The van der Waals surface area contributed by atoms with E-state index in [0.717, 1.165) is 18.8 Å². The monoisotopic (exact) mass is 190 g/mol. The molecule has 0 bridgehead atoms. The van der Waals surface area contributed by atoms with Crippen LogP contribution in [-0.2, 0) is 0 Å². The van der Waals surface area contributed by atoms with E-state index in [-0.39, 0.29) is 0 Å². The van der Waals surface area contributed by atoms with Gasteiger partial charge in [0.15, 0.2) is 0 Å². The van der Waals surface area contributed by atoms with E-state index >= 15 is 0 Å². The average molecular weight is 190 g/mol. The summed E-state index contributed by atoms with van der Waals surface area (Å²) in [5.41, 5.74) is 2.32. The van der Waals surface area contributed by atoms with Crippen molar-refractivity contribution in [2.45, 2.75) is 18.9 Å². The predicted molar refractivity (Wildman–Crippen MR) is 57.0 cm³/mol. The van der Waals surface area contributed by atoms with E-state index in [1.54, 1.807) is 6.07 Å². The number of hydrogen-bond acceptors (Lipinski definition) is 3. The average Bonchev–Trinajstić information content (AvgIpc) is 2.65. The highest BCUT2D eigenvalue weighted by molar-refractivity contribution is 5.74. The van der Waals surface area contributed by atoms with E-state index in [1.165, 1.54) is 18.5 Å². The third-order valence-corrected chi connectivity index (χ3v) is 3.19. The maximum absolute atomic E-state index is 9.37. The fraction of sp³-hybridized carbons (Fsp3) is 0.455. The van der Waals surface area contributed by atoms with E-state index in [1.807, 2.05) is 12.1 Å². The summed E-state index contributed by atoms with van der Waals surface area (Å²) in [6.07, 6.45) is 2.57. The molecule has 3 heteroatoms. The number of hydrogen-bond donors (Lipinski definition) is 2. The van der Waals surface area contributed by atoms with Gasteiger partial charge in [-0.25, -0.2) is 0 Å². The van der Waals surface area contributed by atoms with Crippen molar-refractivity contribution < 1.29 is 5.11 Å². The third-order valence-electron chi connectivity index (χ3n) is 3.19. The zero-order valence-corrected chi connectivity index (χ0v) is 8.03. The lowest BCUT2D eigenvalue weighted by molar-refractivity contribution is 0.475. The first-order valence-electron chi connectivity index (χ1n) is 5.18. The molecular weight excluding hydrogens is 176 g/mol. The molecule has 2 N–H and O–H groups in total. The molecule has 3 rings (SSSR count). The van der Waals surface area contributed by atoms with Crippen LogP contribution in [0.1, 0.15) is 12.8 Å². The number of rotatable bonds is 0.